The van der Waals surface area contributed by atoms with Gasteiger partial charge in [-0.25, -0.2) is 9.18 Å². The summed E-state index contributed by atoms with van der Waals surface area (Å²) in [4.78, 5) is 10.8. The van der Waals surface area contributed by atoms with Gasteiger partial charge in [-0.15, -0.1) is 0 Å². The lowest BCUT2D eigenvalue weighted by atomic mass is 9.78. The van der Waals surface area contributed by atoms with Crippen LogP contribution in [-0.4, -0.2) is 23.4 Å². The van der Waals surface area contributed by atoms with Crippen molar-refractivity contribution in [1.82, 2.24) is 0 Å². The highest BCUT2D eigenvalue weighted by molar-refractivity contribution is 5.68. The molecule has 3 aromatic rings. The monoisotopic (exact) mass is 405 g/mol. The van der Waals surface area contributed by atoms with E-state index in [1.165, 1.54) is 0 Å². The number of halogens is 1. The fraction of sp³-hybridized carbons (Fsp3) is 0.240. The van der Waals surface area contributed by atoms with Crippen molar-refractivity contribution in [3.8, 4) is 5.75 Å². The summed E-state index contributed by atoms with van der Waals surface area (Å²) in [6.07, 6.45) is 1.57. The Bertz CT molecular complexity index is 1020. The molecule has 4 nitrogen and oxygen atoms in total. The summed E-state index contributed by atoms with van der Waals surface area (Å²) in [6.45, 7) is -0.388. The number of para-hydroxylation sites is 1. The number of carbonyl (C=O) groups is 1. The average Bonchev–Trinajstić information content (AvgIpc) is 2.74. The van der Waals surface area contributed by atoms with Crippen molar-refractivity contribution in [2.45, 2.75) is 31.4 Å². The Balaban J connectivity index is 1.43. The number of aliphatic carboxylic acids is 1. The van der Waals surface area contributed by atoms with Crippen molar-refractivity contribution in [3.63, 3.8) is 0 Å². The van der Waals surface area contributed by atoms with Crippen LogP contribution in [0, 0.1) is 0 Å². The molecule has 0 amide bonds. The number of hydrogen-bond acceptors (Lipinski definition) is 3. The molecule has 154 valence electrons. The maximum absolute atomic E-state index is 15.7. The van der Waals surface area contributed by atoms with Crippen LogP contribution in [0.15, 0.2) is 72.8 Å². The van der Waals surface area contributed by atoms with Crippen LogP contribution >= 0.6 is 0 Å². The van der Waals surface area contributed by atoms with Crippen molar-refractivity contribution in [3.05, 3.63) is 89.5 Å². The van der Waals surface area contributed by atoms with Gasteiger partial charge in [-0.2, -0.15) is 0 Å². The lowest BCUT2D eigenvalue weighted by molar-refractivity contribution is -0.139. The van der Waals surface area contributed by atoms with Gasteiger partial charge in [0.05, 0.1) is 0 Å². The minimum Gasteiger partial charge on any atom is -0.482 e. The maximum atomic E-state index is 15.7. The summed E-state index contributed by atoms with van der Waals surface area (Å²) in [5.41, 5.74) is 3.43. The van der Waals surface area contributed by atoms with E-state index >= 15 is 4.39 Å². The molecule has 0 radical (unpaired) electrons. The third-order valence-corrected chi connectivity index (χ3v) is 5.45. The Morgan fingerprint density at radius 2 is 1.73 bits per heavy atom. The fourth-order valence-electron chi connectivity index (χ4n) is 4.02. The van der Waals surface area contributed by atoms with Crippen LogP contribution in [0.1, 0.15) is 23.1 Å². The molecule has 30 heavy (non-hydrogen) atoms. The Labute approximate surface area is 175 Å². The number of nitrogens with one attached hydrogen (secondary N) is 1. The van der Waals surface area contributed by atoms with Crippen molar-refractivity contribution >= 4 is 17.3 Å². The van der Waals surface area contributed by atoms with E-state index < -0.39 is 11.6 Å². The van der Waals surface area contributed by atoms with Gasteiger partial charge in [-0.1, -0.05) is 42.5 Å². The molecule has 2 N–H and O–H groups in total. The smallest absolute Gasteiger partial charge is 0.341 e. The van der Waals surface area contributed by atoms with Crippen LogP contribution in [0.3, 0.4) is 0 Å². The second-order valence-corrected chi connectivity index (χ2v) is 7.77. The molecule has 1 aliphatic rings. The molecule has 0 bridgehead atoms. The quantitative estimate of drug-likeness (QED) is 0.558. The Morgan fingerprint density at radius 1 is 1.00 bits per heavy atom. The molecule has 0 aliphatic heterocycles. The number of hydrogen-bond donors (Lipinski definition) is 2. The number of ether oxygens (including phenoxy) is 1. The van der Waals surface area contributed by atoms with Gasteiger partial charge in [0.2, 0.25) is 0 Å². The molecule has 5 heteroatoms. The summed E-state index contributed by atoms with van der Waals surface area (Å²) < 4.78 is 21.1. The fourth-order valence-corrected chi connectivity index (χ4v) is 4.02. The van der Waals surface area contributed by atoms with Gasteiger partial charge in [0, 0.05) is 24.2 Å². The summed E-state index contributed by atoms with van der Waals surface area (Å²) >= 11 is 0. The van der Waals surface area contributed by atoms with E-state index in [9.17, 15) is 4.79 Å². The molecule has 3 aromatic carbocycles. The summed E-state index contributed by atoms with van der Waals surface area (Å²) in [6, 6.07) is 23.3. The van der Waals surface area contributed by atoms with Gasteiger partial charge >= 0.3 is 5.97 Å². The Hall–Kier alpha value is -3.34. The van der Waals surface area contributed by atoms with Crippen molar-refractivity contribution in [1.29, 1.82) is 0 Å². The first kappa shape index (κ1) is 20.0. The second-order valence-electron chi connectivity index (χ2n) is 7.77. The molecule has 1 unspecified atom stereocenters. The third-order valence-electron chi connectivity index (χ3n) is 5.45. The van der Waals surface area contributed by atoms with Crippen LogP contribution in [0.25, 0.3) is 0 Å². The summed E-state index contributed by atoms with van der Waals surface area (Å²) in [5, 5.41) is 12.2. The van der Waals surface area contributed by atoms with Crippen LogP contribution < -0.4 is 10.1 Å². The molecule has 4 rings (SSSR count). The maximum Gasteiger partial charge on any atom is 0.341 e. The first-order valence-electron chi connectivity index (χ1n) is 10.1. The summed E-state index contributed by atoms with van der Waals surface area (Å²) in [5.74, 6) is -0.471. The third kappa shape index (κ3) is 4.79. The number of carboxylic acids is 1. The van der Waals surface area contributed by atoms with E-state index in [4.69, 9.17) is 9.84 Å². The Kier molecular flexibility index (Phi) is 5.70. The van der Waals surface area contributed by atoms with Crippen molar-refractivity contribution < 1.29 is 19.0 Å². The molecule has 0 fully saturated rings. The van der Waals surface area contributed by atoms with Crippen LogP contribution in [0.2, 0.25) is 0 Å². The van der Waals surface area contributed by atoms with E-state index in [1.807, 2.05) is 60.7 Å². The van der Waals surface area contributed by atoms with Crippen LogP contribution in [0.5, 0.6) is 5.75 Å². The normalized spacial score (nSPS) is 17.8. The Morgan fingerprint density at radius 3 is 2.47 bits per heavy atom. The van der Waals surface area contributed by atoms with Crippen molar-refractivity contribution in [2.24, 2.45) is 0 Å². The molecular weight excluding hydrogens is 381 g/mol. The van der Waals surface area contributed by atoms with Gasteiger partial charge in [0.15, 0.2) is 6.61 Å². The van der Waals surface area contributed by atoms with Crippen LogP contribution in [0.4, 0.5) is 15.8 Å². The zero-order chi connectivity index (χ0) is 21.0. The second kappa shape index (κ2) is 8.57. The molecule has 0 saturated carbocycles. The van der Waals surface area contributed by atoms with E-state index in [2.05, 4.69) is 5.32 Å². The molecule has 1 aliphatic carbocycles. The van der Waals surface area contributed by atoms with E-state index in [0.717, 1.165) is 28.1 Å². The van der Waals surface area contributed by atoms with Gasteiger partial charge < -0.3 is 15.2 Å². The zero-order valence-corrected chi connectivity index (χ0v) is 16.6. The van der Waals surface area contributed by atoms with E-state index in [-0.39, 0.29) is 6.61 Å². The van der Waals surface area contributed by atoms with Crippen LogP contribution in [-0.2, 0) is 24.1 Å². The predicted molar refractivity (Wildman–Crippen MR) is 115 cm³/mol. The van der Waals surface area contributed by atoms with Gasteiger partial charge in [0.1, 0.15) is 11.4 Å². The molecular formula is C25H24FNO3. The largest absolute Gasteiger partial charge is 0.482 e. The standard InChI is InChI=1S/C25H24FNO3/c26-25(14-13-22-19(16-25)5-4-8-23(22)30-17-24(28)29)15-18-9-11-21(12-10-18)27-20-6-2-1-3-7-20/h1-12,27H,13-17H2,(H,28,29). The number of carboxylic acid groups (broad SMARTS) is 1. The lowest BCUT2D eigenvalue weighted by Gasteiger charge is -2.32. The highest BCUT2D eigenvalue weighted by atomic mass is 19.1. The minimum absolute atomic E-state index is 0.302. The minimum atomic E-state index is -1.33. The molecule has 1 atom stereocenters. The number of alkyl halides is 1. The predicted octanol–water partition coefficient (Wildman–Crippen LogP) is 5.33. The van der Waals surface area contributed by atoms with E-state index in [1.54, 1.807) is 12.1 Å². The first-order chi connectivity index (χ1) is 14.5. The zero-order valence-electron chi connectivity index (χ0n) is 16.6. The number of anilines is 2. The summed E-state index contributed by atoms with van der Waals surface area (Å²) in [7, 11) is 0. The number of benzene rings is 3. The number of fused-ring (bicyclic) bond motifs is 1. The topological polar surface area (TPSA) is 58.6 Å². The molecule has 0 aromatic heterocycles. The molecule has 0 heterocycles. The van der Waals surface area contributed by atoms with Gasteiger partial charge in [0.25, 0.3) is 0 Å². The highest BCUT2D eigenvalue weighted by Gasteiger charge is 2.35. The van der Waals surface area contributed by atoms with Gasteiger partial charge in [-0.3, -0.25) is 0 Å². The molecule has 0 spiro atoms. The average molecular weight is 405 g/mol. The van der Waals surface area contributed by atoms with E-state index in [0.29, 0.717) is 31.4 Å². The van der Waals surface area contributed by atoms with Crippen molar-refractivity contribution in [2.75, 3.05) is 11.9 Å². The van der Waals surface area contributed by atoms with Gasteiger partial charge in [-0.05, 0) is 59.9 Å². The number of rotatable bonds is 7. The lowest BCUT2D eigenvalue weighted by Crippen LogP contribution is -2.33. The molecule has 0 saturated heterocycles. The SMILES string of the molecule is O=C(O)COc1cccc2c1CCC(F)(Cc1ccc(Nc3ccccc3)cc1)C2. The first-order valence-corrected chi connectivity index (χ1v) is 10.1. The highest BCUT2D eigenvalue weighted by Crippen LogP contribution is 2.38.